The van der Waals surface area contributed by atoms with Crippen LogP contribution in [0.3, 0.4) is 0 Å². The molecule has 2 fully saturated rings. The highest BCUT2D eigenvalue weighted by Crippen LogP contribution is 2.48. The molecule has 0 aromatic heterocycles. The molecule has 2 rings (SSSR count). The average molecular weight is 189 g/mol. The van der Waals surface area contributed by atoms with Crippen molar-refractivity contribution in [2.75, 3.05) is 6.61 Å². The maximum atomic E-state index is 10.3. The summed E-state index contributed by atoms with van der Waals surface area (Å²) < 4.78 is 4.80. The van der Waals surface area contributed by atoms with Crippen LogP contribution in [0.4, 0.5) is 4.79 Å². The summed E-state index contributed by atoms with van der Waals surface area (Å²) in [5.74, 6) is 2.33. The Morgan fingerprint density at radius 1 is 1.42 bits per heavy atom. The van der Waals surface area contributed by atoms with Crippen molar-refractivity contribution in [2.45, 2.75) is 25.7 Å². The minimum Gasteiger partial charge on any atom is -0.453 e. The first-order chi connectivity index (χ1) is 5.75. The molecule has 2 saturated carbocycles. The summed E-state index contributed by atoms with van der Waals surface area (Å²) >= 11 is 5.10. The smallest absolute Gasteiger partial charge is 0.403 e. The van der Waals surface area contributed by atoms with Crippen LogP contribution in [0.1, 0.15) is 25.7 Å². The van der Waals surface area contributed by atoms with Gasteiger partial charge in [-0.05, 0) is 37.0 Å². The molecule has 0 amide bonds. The van der Waals surface area contributed by atoms with E-state index in [1.165, 1.54) is 25.7 Å². The largest absolute Gasteiger partial charge is 0.453 e. The van der Waals surface area contributed by atoms with E-state index in [-0.39, 0.29) is 0 Å². The lowest BCUT2D eigenvalue weighted by Crippen LogP contribution is -2.17. The number of ether oxygens (including phenoxy) is 1. The van der Waals surface area contributed by atoms with Gasteiger partial charge < -0.3 is 4.74 Å². The molecule has 0 spiro atoms. The second-order valence-electron chi connectivity index (χ2n) is 3.98. The molecule has 2 aliphatic carbocycles. The lowest BCUT2D eigenvalue weighted by atomic mass is 9.90. The third kappa shape index (κ3) is 1.58. The number of halogens is 1. The maximum absolute atomic E-state index is 10.3. The fourth-order valence-electron chi connectivity index (χ4n) is 2.75. The van der Waals surface area contributed by atoms with Gasteiger partial charge in [0.2, 0.25) is 0 Å². The SMILES string of the molecule is O=C(Cl)OC[C@@H]1C[C@H]2CC[C@@H]1C2. The molecule has 0 aromatic carbocycles. The topological polar surface area (TPSA) is 26.3 Å². The summed E-state index contributed by atoms with van der Waals surface area (Å²) in [5.41, 5.74) is -0.655. The predicted molar refractivity (Wildman–Crippen MR) is 46.1 cm³/mol. The van der Waals surface area contributed by atoms with Crippen molar-refractivity contribution in [3.63, 3.8) is 0 Å². The Balaban J connectivity index is 1.79. The molecule has 68 valence electrons. The van der Waals surface area contributed by atoms with E-state index < -0.39 is 5.43 Å². The van der Waals surface area contributed by atoms with Crippen LogP contribution in [0, 0.1) is 17.8 Å². The molecular formula is C9H13ClO2. The van der Waals surface area contributed by atoms with Crippen LogP contribution in [0.15, 0.2) is 0 Å². The molecule has 3 heteroatoms. The van der Waals surface area contributed by atoms with Gasteiger partial charge in [0.25, 0.3) is 0 Å². The van der Waals surface area contributed by atoms with Crippen molar-refractivity contribution in [3.05, 3.63) is 0 Å². The summed E-state index contributed by atoms with van der Waals surface area (Å²) in [5, 5.41) is 0. The van der Waals surface area contributed by atoms with Gasteiger partial charge in [0, 0.05) is 11.6 Å². The van der Waals surface area contributed by atoms with Crippen LogP contribution in [0.25, 0.3) is 0 Å². The summed E-state index contributed by atoms with van der Waals surface area (Å²) in [6.45, 7) is 0.545. The van der Waals surface area contributed by atoms with Gasteiger partial charge in [0.05, 0.1) is 6.61 Å². The van der Waals surface area contributed by atoms with Crippen LogP contribution < -0.4 is 0 Å². The third-order valence-corrected chi connectivity index (χ3v) is 3.40. The molecule has 0 aromatic rings. The van der Waals surface area contributed by atoms with Crippen LogP contribution in [0.5, 0.6) is 0 Å². The number of hydrogen-bond donors (Lipinski definition) is 0. The monoisotopic (exact) mass is 188 g/mol. The van der Waals surface area contributed by atoms with E-state index >= 15 is 0 Å². The molecule has 0 saturated heterocycles. The van der Waals surface area contributed by atoms with E-state index in [1.807, 2.05) is 0 Å². The molecule has 2 aliphatic rings. The van der Waals surface area contributed by atoms with E-state index in [0.29, 0.717) is 12.5 Å². The second kappa shape index (κ2) is 3.25. The highest BCUT2D eigenvalue weighted by Gasteiger charge is 2.39. The zero-order valence-electron chi connectivity index (χ0n) is 6.96. The first kappa shape index (κ1) is 8.36. The number of carbonyl (C=O) groups excluding carboxylic acids is 1. The fourth-order valence-corrected chi connectivity index (χ4v) is 2.82. The molecule has 0 radical (unpaired) electrons. The van der Waals surface area contributed by atoms with Crippen molar-refractivity contribution in [3.8, 4) is 0 Å². The van der Waals surface area contributed by atoms with E-state index in [4.69, 9.17) is 16.3 Å². The van der Waals surface area contributed by atoms with E-state index in [0.717, 1.165) is 11.8 Å². The molecule has 2 nitrogen and oxygen atoms in total. The molecule has 2 bridgehead atoms. The minimum atomic E-state index is -0.655. The molecule has 0 N–H and O–H groups in total. The zero-order chi connectivity index (χ0) is 8.55. The average Bonchev–Trinajstić information content (AvgIpc) is 2.60. The summed E-state index contributed by atoms with van der Waals surface area (Å²) in [6, 6.07) is 0. The van der Waals surface area contributed by atoms with Crippen LogP contribution in [-0.2, 0) is 4.74 Å². The Kier molecular flexibility index (Phi) is 2.26. The van der Waals surface area contributed by atoms with Gasteiger partial charge in [-0.15, -0.1) is 0 Å². The summed E-state index contributed by atoms with van der Waals surface area (Å²) in [4.78, 5) is 10.3. The Labute approximate surface area is 77.2 Å². The van der Waals surface area contributed by atoms with Crippen LogP contribution >= 0.6 is 11.6 Å². The van der Waals surface area contributed by atoms with Crippen LogP contribution in [0.2, 0.25) is 0 Å². The highest BCUT2D eigenvalue weighted by atomic mass is 35.5. The number of carbonyl (C=O) groups is 1. The lowest BCUT2D eigenvalue weighted by molar-refractivity contribution is 0.132. The van der Waals surface area contributed by atoms with Crippen molar-refractivity contribution in [2.24, 2.45) is 17.8 Å². The van der Waals surface area contributed by atoms with Gasteiger partial charge in [0.15, 0.2) is 0 Å². The summed E-state index contributed by atoms with van der Waals surface area (Å²) in [6.07, 6.45) is 5.31. The molecule has 0 unspecified atom stereocenters. The molecule has 12 heavy (non-hydrogen) atoms. The van der Waals surface area contributed by atoms with Gasteiger partial charge in [-0.25, -0.2) is 4.79 Å². The zero-order valence-corrected chi connectivity index (χ0v) is 7.72. The molecule has 3 atom stereocenters. The van der Waals surface area contributed by atoms with Crippen molar-refractivity contribution >= 4 is 17.0 Å². The fraction of sp³-hybridized carbons (Fsp3) is 0.889. The first-order valence-electron chi connectivity index (χ1n) is 4.58. The molecular weight excluding hydrogens is 176 g/mol. The van der Waals surface area contributed by atoms with E-state index in [2.05, 4.69) is 0 Å². The Morgan fingerprint density at radius 3 is 2.75 bits per heavy atom. The normalized spacial score (nSPS) is 38.6. The highest BCUT2D eigenvalue weighted by molar-refractivity contribution is 6.61. The van der Waals surface area contributed by atoms with Gasteiger partial charge in [0.1, 0.15) is 0 Å². The van der Waals surface area contributed by atoms with Crippen LogP contribution in [-0.4, -0.2) is 12.0 Å². The number of rotatable bonds is 2. The van der Waals surface area contributed by atoms with E-state index in [1.54, 1.807) is 0 Å². The number of hydrogen-bond acceptors (Lipinski definition) is 2. The standard InChI is InChI=1S/C9H13ClO2/c10-9(11)12-5-8-4-6-1-2-7(8)3-6/h6-8H,1-5H2/t6-,7+,8-/m0/s1. The second-order valence-corrected chi connectivity index (χ2v) is 4.29. The lowest BCUT2D eigenvalue weighted by Gasteiger charge is -2.20. The van der Waals surface area contributed by atoms with Gasteiger partial charge in [-0.3, -0.25) is 0 Å². The van der Waals surface area contributed by atoms with Gasteiger partial charge in [-0.2, -0.15) is 0 Å². The predicted octanol–water partition coefficient (Wildman–Crippen LogP) is 2.80. The Morgan fingerprint density at radius 2 is 2.25 bits per heavy atom. The third-order valence-electron chi connectivity index (χ3n) is 3.30. The number of fused-ring (bicyclic) bond motifs is 2. The van der Waals surface area contributed by atoms with Crippen molar-refractivity contribution in [1.29, 1.82) is 0 Å². The van der Waals surface area contributed by atoms with Crippen molar-refractivity contribution in [1.82, 2.24) is 0 Å². The summed E-state index contributed by atoms with van der Waals surface area (Å²) in [7, 11) is 0. The van der Waals surface area contributed by atoms with E-state index in [9.17, 15) is 4.79 Å². The van der Waals surface area contributed by atoms with Gasteiger partial charge >= 0.3 is 5.43 Å². The molecule has 0 aliphatic heterocycles. The maximum Gasteiger partial charge on any atom is 0.403 e. The Bertz CT molecular complexity index is 193. The minimum absolute atomic E-state index is 0.545. The van der Waals surface area contributed by atoms with Crippen molar-refractivity contribution < 1.29 is 9.53 Å². The quantitative estimate of drug-likeness (QED) is 0.623. The first-order valence-corrected chi connectivity index (χ1v) is 4.95. The molecule has 0 heterocycles. The Hall–Kier alpha value is -0.240. The van der Waals surface area contributed by atoms with Gasteiger partial charge in [-0.1, -0.05) is 6.42 Å².